The van der Waals surface area contributed by atoms with Crippen molar-refractivity contribution < 1.29 is 4.79 Å². The average molecular weight is 233 g/mol. The Morgan fingerprint density at radius 1 is 1.29 bits per heavy atom. The number of carbonyl (C=O) groups excluding carboxylic acids is 1. The number of ketones is 1. The summed E-state index contributed by atoms with van der Waals surface area (Å²) >= 11 is 0. The van der Waals surface area contributed by atoms with E-state index in [9.17, 15) is 4.79 Å². The van der Waals surface area contributed by atoms with Gasteiger partial charge in [0.15, 0.2) is 0 Å². The smallest absolute Gasteiger partial charge is 0.141 e. The van der Waals surface area contributed by atoms with E-state index in [4.69, 9.17) is 0 Å². The molecule has 0 saturated carbocycles. The molecule has 0 fully saturated rings. The fourth-order valence-corrected chi connectivity index (χ4v) is 1.58. The van der Waals surface area contributed by atoms with Crippen LogP contribution in [-0.2, 0) is 4.79 Å². The maximum absolute atomic E-state index is 12.2. The number of aromatic nitrogens is 1. The minimum atomic E-state index is -0.0963. The Balaban J connectivity index is 2.66. The van der Waals surface area contributed by atoms with E-state index in [1.165, 1.54) is 0 Å². The summed E-state index contributed by atoms with van der Waals surface area (Å²) in [6, 6.07) is 5.72. The van der Waals surface area contributed by atoms with E-state index in [-0.39, 0.29) is 17.1 Å². The quantitative estimate of drug-likeness (QED) is 0.791. The van der Waals surface area contributed by atoms with E-state index < -0.39 is 0 Å². The Hall–Kier alpha value is -1.18. The first-order valence-electron chi connectivity index (χ1n) is 6.26. The molecule has 0 saturated heterocycles. The van der Waals surface area contributed by atoms with Crippen molar-refractivity contribution in [2.45, 2.75) is 47.0 Å². The van der Waals surface area contributed by atoms with E-state index in [1.54, 1.807) is 6.20 Å². The third kappa shape index (κ3) is 3.95. The van der Waals surface area contributed by atoms with Gasteiger partial charge in [0, 0.05) is 12.6 Å². The molecule has 1 rings (SSSR count). The van der Waals surface area contributed by atoms with E-state index >= 15 is 0 Å². The molecule has 0 bridgehead atoms. The van der Waals surface area contributed by atoms with Gasteiger partial charge in [0.1, 0.15) is 5.78 Å². The summed E-state index contributed by atoms with van der Waals surface area (Å²) in [6.45, 7) is 10.6. The van der Waals surface area contributed by atoms with Crippen LogP contribution in [0.3, 0.4) is 0 Å². The van der Waals surface area contributed by atoms with E-state index in [0.29, 0.717) is 12.3 Å². The van der Waals surface area contributed by atoms with Gasteiger partial charge in [-0.2, -0.15) is 0 Å². The molecular formula is C15H23NO. The summed E-state index contributed by atoms with van der Waals surface area (Å²) in [5.74, 6) is 0.577. The molecule has 1 heterocycles. The highest BCUT2D eigenvalue weighted by Gasteiger charge is 2.25. The van der Waals surface area contributed by atoms with Crippen LogP contribution in [0.5, 0.6) is 0 Å². The second-order valence-corrected chi connectivity index (χ2v) is 5.91. The molecule has 2 atom stereocenters. The molecule has 17 heavy (non-hydrogen) atoms. The fourth-order valence-electron chi connectivity index (χ4n) is 1.58. The summed E-state index contributed by atoms with van der Waals surface area (Å²) in [7, 11) is 0. The highest BCUT2D eigenvalue weighted by atomic mass is 16.1. The van der Waals surface area contributed by atoms with Crippen molar-refractivity contribution in [3.63, 3.8) is 0 Å². The summed E-state index contributed by atoms with van der Waals surface area (Å²) in [5.41, 5.74) is 1.05. The van der Waals surface area contributed by atoms with Gasteiger partial charge < -0.3 is 0 Å². The normalized spacial score (nSPS) is 15.4. The third-order valence-corrected chi connectivity index (χ3v) is 3.60. The van der Waals surface area contributed by atoms with Gasteiger partial charge in [-0.3, -0.25) is 9.78 Å². The number of nitrogens with zero attached hydrogens (tertiary/aromatic N) is 1. The Labute approximate surface area is 104 Å². The topological polar surface area (TPSA) is 30.0 Å². The lowest BCUT2D eigenvalue weighted by Gasteiger charge is -2.27. The van der Waals surface area contributed by atoms with Crippen molar-refractivity contribution in [2.75, 3.05) is 0 Å². The van der Waals surface area contributed by atoms with Crippen LogP contribution >= 0.6 is 0 Å². The Bertz CT molecular complexity index is 364. The van der Waals surface area contributed by atoms with E-state index in [0.717, 1.165) is 5.69 Å². The van der Waals surface area contributed by atoms with Gasteiger partial charge in [-0.25, -0.2) is 0 Å². The second-order valence-electron chi connectivity index (χ2n) is 5.91. The minimum Gasteiger partial charge on any atom is -0.299 e. The van der Waals surface area contributed by atoms with E-state index in [1.807, 2.05) is 25.1 Å². The standard InChI is InChI=1S/C15H23NO/c1-11(15(3,4)5)10-14(17)12(2)13-8-6-7-9-16-13/h6-9,11-12H,10H2,1-5H3. The van der Waals surface area contributed by atoms with Crippen LogP contribution < -0.4 is 0 Å². The Kier molecular flexibility index (Phi) is 4.44. The fraction of sp³-hybridized carbons (Fsp3) is 0.600. The zero-order valence-electron chi connectivity index (χ0n) is 11.5. The summed E-state index contributed by atoms with van der Waals surface area (Å²) in [6.07, 6.45) is 2.37. The molecule has 0 aromatic carbocycles. The van der Waals surface area contributed by atoms with Crippen LogP contribution in [0.1, 0.15) is 52.7 Å². The molecule has 0 spiro atoms. The van der Waals surface area contributed by atoms with Crippen LogP contribution in [0, 0.1) is 11.3 Å². The lowest BCUT2D eigenvalue weighted by atomic mass is 9.78. The first-order valence-corrected chi connectivity index (χ1v) is 6.26. The van der Waals surface area contributed by atoms with Gasteiger partial charge in [0.05, 0.1) is 11.6 Å². The second kappa shape index (κ2) is 5.44. The van der Waals surface area contributed by atoms with Gasteiger partial charge in [-0.05, 0) is 30.4 Å². The number of Topliss-reactive ketones (excluding diaryl/α,β-unsaturated/α-hetero) is 1. The van der Waals surface area contributed by atoms with Crippen LogP contribution in [0.25, 0.3) is 0 Å². The maximum Gasteiger partial charge on any atom is 0.141 e. The molecule has 2 unspecified atom stereocenters. The van der Waals surface area contributed by atoms with Crippen LogP contribution in [0.15, 0.2) is 24.4 Å². The molecule has 0 N–H and O–H groups in total. The molecule has 0 aliphatic carbocycles. The van der Waals surface area contributed by atoms with E-state index in [2.05, 4.69) is 32.7 Å². The number of carbonyl (C=O) groups is 1. The summed E-state index contributed by atoms with van der Waals surface area (Å²) in [5, 5.41) is 0. The lowest BCUT2D eigenvalue weighted by molar-refractivity contribution is -0.121. The van der Waals surface area contributed by atoms with Crippen LogP contribution in [0.2, 0.25) is 0 Å². The molecular weight excluding hydrogens is 210 g/mol. The number of hydrogen-bond donors (Lipinski definition) is 0. The average Bonchev–Trinajstić information content (AvgIpc) is 2.27. The number of hydrogen-bond acceptors (Lipinski definition) is 2. The van der Waals surface area contributed by atoms with Crippen LogP contribution in [-0.4, -0.2) is 10.8 Å². The molecule has 1 aromatic rings. The highest BCUT2D eigenvalue weighted by molar-refractivity contribution is 5.85. The largest absolute Gasteiger partial charge is 0.299 e. The van der Waals surface area contributed by atoms with Crippen molar-refractivity contribution in [1.29, 1.82) is 0 Å². The highest BCUT2D eigenvalue weighted by Crippen LogP contribution is 2.30. The molecule has 2 heteroatoms. The number of pyridine rings is 1. The molecule has 1 aromatic heterocycles. The number of rotatable bonds is 4. The van der Waals surface area contributed by atoms with Crippen molar-refractivity contribution in [2.24, 2.45) is 11.3 Å². The zero-order chi connectivity index (χ0) is 13.1. The van der Waals surface area contributed by atoms with Crippen molar-refractivity contribution in [1.82, 2.24) is 4.98 Å². The SMILES string of the molecule is CC(C(=O)CC(C)C(C)(C)C)c1ccccn1. The van der Waals surface area contributed by atoms with Gasteiger partial charge in [-0.1, -0.05) is 33.8 Å². The van der Waals surface area contributed by atoms with Crippen molar-refractivity contribution in [3.8, 4) is 0 Å². The molecule has 94 valence electrons. The summed E-state index contributed by atoms with van der Waals surface area (Å²) in [4.78, 5) is 16.4. The predicted molar refractivity (Wildman–Crippen MR) is 70.9 cm³/mol. The van der Waals surface area contributed by atoms with Gasteiger partial charge in [-0.15, -0.1) is 0 Å². The minimum absolute atomic E-state index is 0.0963. The molecule has 0 radical (unpaired) electrons. The lowest BCUT2D eigenvalue weighted by Crippen LogP contribution is -2.23. The molecule has 0 amide bonds. The Morgan fingerprint density at radius 3 is 2.41 bits per heavy atom. The summed E-state index contributed by atoms with van der Waals surface area (Å²) < 4.78 is 0. The maximum atomic E-state index is 12.2. The monoisotopic (exact) mass is 233 g/mol. The van der Waals surface area contributed by atoms with Gasteiger partial charge in [0.2, 0.25) is 0 Å². The first kappa shape index (κ1) is 13.9. The zero-order valence-corrected chi connectivity index (χ0v) is 11.5. The molecule has 2 nitrogen and oxygen atoms in total. The third-order valence-electron chi connectivity index (χ3n) is 3.60. The van der Waals surface area contributed by atoms with Gasteiger partial charge >= 0.3 is 0 Å². The molecule has 0 aliphatic heterocycles. The first-order chi connectivity index (χ1) is 7.82. The van der Waals surface area contributed by atoms with Crippen LogP contribution in [0.4, 0.5) is 0 Å². The predicted octanol–water partition coefficient (Wildman–Crippen LogP) is 3.83. The van der Waals surface area contributed by atoms with Gasteiger partial charge in [0.25, 0.3) is 0 Å². The Morgan fingerprint density at radius 2 is 1.94 bits per heavy atom. The molecule has 0 aliphatic rings. The van der Waals surface area contributed by atoms with Crippen molar-refractivity contribution >= 4 is 5.78 Å². The van der Waals surface area contributed by atoms with Crippen molar-refractivity contribution in [3.05, 3.63) is 30.1 Å².